The van der Waals surface area contributed by atoms with Gasteiger partial charge in [-0.05, 0) is 49.3 Å². The predicted octanol–water partition coefficient (Wildman–Crippen LogP) is 0.897. The van der Waals surface area contributed by atoms with Gasteiger partial charge in [-0.2, -0.15) is 5.10 Å². The highest BCUT2D eigenvalue weighted by molar-refractivity contribution is 5.93. The molecule has 7 nitrogen and oxygen atoms in total. The zero-order chi connectivity index (χ0) is 16.7. The molecule has 2 saturated carbocycles. The van der Waals surface area contributed by atoms with Crippen LogP contribution in [0.25, 0.3) is 5.82 Å². The first-order valence-corrected chi connectivity index (χ1v) is 8.21. The van der Waals surface area contributed by atoms with Gasteiger partial charge in [0.25, 0.3) is 5.91 Å². The van der Waals surface area contributed by atoms with Crippen LogP contribution in [0.5, 0.6) is 0 Å². The van der Waals surface area contributed by atoms with Gasteiger partial charge >= 0.3 is 0 Å². The number of nitrogens with two attached hydrogens (primary N) is 1. The Morgan fingerprint density at radius 2 is 2.04 bits per heavy atom. The van der Waals surface area contributed by atoms with E-state index in [1.165, 1.54) is 0 Å². The van der Waals surface area contributed by atoms with Crippen molar-refractivity contribution in [3.63, 3.8) is 0 Å². The lowest BCUT2D eigenvalue weighted by atomic mass is 9.84. The summed E-state index contributed by atoms with van der Waals surface area (Å²) in [4.78, 5) is 28.7. The number of primary amides is 1. The van der Waals surface area contributed by atoms with Crippen LogP contribution >= 0.6 is 0 Å². The highest BCUT2D eigenvalue weighted by Gasteiger charge is 2.50. The monoisotopic (exact) mass is 325 g/mol. The van der Waals surface area contributed by atoms with Crippen molar-refractivity contribution in [2.45, 2.75) is 25.3 Å². The molecule has 2 heterocycles. The van der Waals surface area contributed by atoms with Gasteiger partial charge in [0.15, 0.2) is 5.82 Å². The van der Waals surface area contributed by atoms with Gasteiger partial charge in [-0.25, -0.2) is 9.67 Å². The second-order valence-corrected chi connectivity index (χ2v) is 6.59. The van der Waals surface area contributed by atoms with E-state index >= 15 is 0 Å². The number of carbonyl (C=O) groups excluding carboxylic acids is 2. The smallest absolute Gasteiger partial charge is 0.270 e. The van der Waals surface area contributed by atoms with Crippen molar-refractivity contribution in [2.24, 2.45) is 23.5 Å². The topological polar surface area (TPSA) is 103 Å². The number of nitrogens with zero attached hydrogens (tertiary/aromatic N) is 3. The van der Waals surface area contributed by atoms with Crippen molar-refractivity contribution < 1.29 is 9.59 Å². The lowest BCUT2D eigenvalue weighted by Gasteiger charge is -2.29. The Hall–Kier alpha value is -2.70. The summed E-state index contributed by atoms with van der Waals surface area (Å²) in [6.07, 6.45) is 6.46. The molecule has 4 rings (SSSR count). The van der Waals surface area contributed by atoms with Gasteiger partial charge < -0.3 is 11.1 Å². The molecule has 2 aliphatic rings. The van der Waals surface area contributed by atoms with E-state index in [1.807, 2.05) is 0 Å². The molecule has 2 aromatic rings. The van der Waals surface area contributed by atoms with E-state index in [4.69, 9.17) is 5.73 Å². The molecule has 0 saturated heterocycles. The van der Waals surface area contributed by atoms with Crippen molar-refractivity contribution in [1.82, 2.24) is 20.1 Å². The van der Waals surface area contributed by atoms with Crippen LogP contribution in [0.3, 0.4) is 0 Å². The summed E-state index contributed by atoms with van der Waals surface area (Å²) in [7, 11) is 0. The number of carbonyl (C=O) groups is 2. The normalized spacial score (nSPS) is 28.0. The lowest BCUT2D eigenvalue weighted by Crippen LogP contribution is -2.48. The fourth-order valence-corrected chi connectivity index (χ4v) is 4.22. The van der Waals surface area contributed by atoms with E-state index in [9.17, 15) is 9.59 Å². The molecule has 0 aliphatic heterocycles. The maximum Gasteiger partial charge on any atom is 0.270 e. The average Bonchev–Trinajstić information content (AvgIpc) is 3.31. The fraction of sp³-hybridized carbons (Fsp3) is 0.412. The van der Waals surface area contributed by atoms with Crippen LogP contribution in [0, 0.1) is 17.8 Å². The van der Waals surface area contributed by atoms with E-state index in [-0.39, 0.29) is 23.8 Å². The van der Waals surface area contributed by atoms with E-state index in [0.29, 0.717) is 23.3 Å². The van der Waals surface area contributed by atoms with Gasteiger partial charge in [-0.15, -0.1) is 0 Å². The molecule has 2 fully saturated rings. The highest BCUT2D eigenvalue weighted by Crippen LogP contribution is 2.48. The van der Waals surface area contributed by atoms with Crippen LogP contribution in [0.15, 0.2) is 36.7 Å². The third kappa shape index (κ3) is 2.46. The molecule has 0 radical (unpaired) electrons. The molecule has 7 heteroatoms. The number of fused-ring (bicyclic) bond motifs is 2. The lowest BCUT2D eigenvalue weighted by molar-refractivity contribution is -0.124. The minimum atomic E-state index is -0.314. The van der Waals surface area contributed by atoms with Crippen LogP contribution in [0.4, 0.5) is 0 Å². The van der Waals surface area contributed by atoms with Crippen molar-refractivity contribution in [1.29, 1.82) is 0 Å². The molecule has 2 amide bonds. The van der Waals surface area contributed by atoms with Gasteiger partial charge in [0.1, 0.15) is 5.69 Å². The predicted molar refractivity (Wildman–Crippen MR) is 86.1 cm³/mol. The van der Waals surface area contributed by atoms with Crippen molar-refractivity contribution in [2.75, 3.05) is 0 Å². The number of pyridine rings is 1. The van der Waals surface area contributed by atoms with Crippen LogP contribution < -0.4 is 11.1 Å². The zero-order valence-electron chi connectivity index (χ0n) is 13.1. The fourth-order valence-electron chi connectivity index (χ4n) is 4.22. The summed E-state index contributed by atoms with van der Waals surface area (Å²) < 4.78 is 1.60. The van der Waals surface area contributed by atoms with E-state index < -0.39 is 0 Å². The van der Waals surface area contributed by atoms with E-state index in [1.54, 1.807) is 41.3 Å². The van der Waals surface area contributed by atoms with Crippen molar-refractivity contribution >= 4 is 11.8 Å². The molecule has 4 atom stereocenters. The van der Waals surface area contributed by atoms with E-state index in [2.05, 4.69) is 15.4 Å². The van der Waals surface area contributed by atoms with Gasteiger partial charge in [0.05, 0.1) is 5.92 Å². The molecule has 2 aliphatic carbocycles. The Labute approximate surface area is 139 Å². The molecular formula is C17H19N5O2. The van der Waals surface area contributed by atoms with Gasteiger partial charge in [0.2, 0.25) is 5.91 Å². The first-order chi connectivity index (χ1) is 11.6. The Morgan fingerprint density at radius 3 is 2.79 bits per heavy atom. The Bertz CT molecular complexity index is 773. The van der Waals surface area contributed by atoms with E-state index in [0.717, 1.165) is 19.3 Å². The highest BCUT2D eigenvalue weighted by atomic mass is 16.2. The maximum atomic E-state index is 12.6. The first-order valence-electron chi connectivity index (χ1n) is 8.21. The third-order valence-corrected chi connectivity index (χ3v) is 5.25. The summed E-state index contributed by atoms with van der Waals surface area (Å²) >= 11 is 0. The quantitative estimate of drug-likeness (QED) is 0.871. The maximum absolute atomic E-state index is 12.6. The Morgan fingerprint density at radius 1 is 1.21 bits per heavy atom. The summed E-state index contributed by atoms with van der Waals surface area (Å²) in [5, 5.41) is 7.12. The van der Waals surface area contributed by atoms with Gasteiger partial charge in [0, 0.05) is 18.4 Å². The number of amides is 2. The summed E-state index contributed by atoms with van der Waals surface area (Å²) in [5.74, 6) is 0.375. The SMILES string of the molecule is NC(=O)[C@H]1[C@H]2CC[C@@H](C2)[C@@H]1NC(=O)c1cccc(-n2cccn2)n1. The van der Waals surface area contributed by atoms with Crippen molar-refractivity contribution in [3.8, 4) is 5.82 Å². The van der Waals surface area contributed by atoms with Crippen LogP contribution in [-0.2, 0) is 4.79 Å². The van der Waals surface area contributed by atoms with Gasteiger partial charge in [-0.3, -0.25) is 9.59 Å². The number of hydrogen-bond acceptors (Lipinski definition) is 4. The number of nitrogens with one attached hydrogen (secondary N) is 1. The Balaban J connectivity index is 1.54. The molecular weight excluding hydrogens is 306 g/mol. The molecule has 24 heavy (non-hydrogen) atoms. The average molecular weight is 325 g/mol. The van der Waals surface area contributed by atoms with Crippen molar-refractivity contribution in [3.05, 3.63) is 42.4 Å². The minimum absolute atomic E-state index is 0.177. The molecule has 2 bridgehead atoms. The second-order valence-electron chi connectivity index (χ2n) is 6.59. The Kier molecular flexibility index (Phi) is 3.55. The molecule has 2 aromatic heterocycles. The minimum Gasteiger partial charge on any atom is -0.369 e. The largest absolute Gasteiger partial charge is 0.369 e. The number of aromatic nitrogens is 3. The number of hydrogen-bond donors (Lipinski definition) is 2. The third-order valence-electron chi connectivity index (χ3n) is 5.25. The molecule has 0 unspecified atom stereocenters. The summed E-state index contributed by atoms with van der Waals surface area (Å²) in [6.45, 7) is 0. The molecule has 3 N–H and O–H groups in total. The van der Waals surface area contributed by atoms with Gasteiger partial charge in [-0.1, -0.05) is 6.07 Å². The summed E-state index contributed by atoms with van der Waals surface area (Å²) in [6, 6.07) is 6.83. The molecule has 0 spiro atoms. The summed E-state index contributed by atoms with van der Waals surface area (Å²) in [5.41, 5.74) is 5.87. The van der Waals surface area contributed by atoms with Crippen LogP contribution in [0.1, 0.15) is 29.8 Å². The van der Waals surface area contributed by atoms with Crippen LogP contribution in [0.2, 0.25) is 0 Å². The first kappa shape index (κ1) is 14.9. The number of rotatable bonds is 4. The molecule has 124 valence electrons. The second kappa shape index (κ2) is 5.74. The standard InChI is InChI=1S/C17H19N5O2/c18-16(23)14-10-5-6-11(9-10)15(14)21-17(24)12-3-1-4-13(20-12)22-8-2-7-19-22/h1-4,7-8,10-11,14-15H,5-6,9H2,(H2,18,23)(H,21,24)/t10-,11-,14-,15-/m0/s1. The molecule has 0 aromatic carbocycles. The zero-order valence-corrected chi connectivity index (χ0v) is 13.1. The van der Waals surface area contributed by atoms with Crippen LogP contribution in [-0.4, -0.2) is 32.6 Å².